The topological polar surface area (TPSA) is 46.2 Å². The summed E-state index contributed by atoms with van der Waals surface area (Å²) >= 11 is 4.80. The summed E-state index contributed by atoms with van der Waals surface area (Å²) in [5.41, 5.74) is 0.668. The Bertz CT molecular complexity index is 392. The lowest BCUT2D eigenvalue weighted by molar-refractivity contribution is 0.0940. The van der Waals surface area contributed by atoms with Gasteiger partial charge >= 0.3 is 0 Å². The predicted octanol–water partition coefficient (Wildman–Crippen LogP) is 2.40. The van der Waals surface area contributed by atoms with Crippen LogP contribution in [0.4, 0.5) is 0 Å². The highest BCUT2D eigenvalue weighted by Crippen LogP contribution is 2.20. The summed E-state index contributed by atoms with van der Waals surface area (Å²) in [5, 5.41) is 4.69. The molecule has 2 unspecified atom stereocenters. The lowest BCUT2D eigenvalue weighted by Gasteiger charge is -2.12. The van der Waals surface area contributed by atoms with Crippen LogP contribution in [0.1, 0.15) is 23.7 Å². The first kappa shape index (κ1) is 13.9. The highest BCUT2D eigenvalue weighted by Gasteiger charge is 2.11. The molecular formula is C10H14BrNO2S2. The molecule has 0 saturated heterocycles. The molecule has 0 bridgehead atoms. The van der Waals surface area contributed by atoms with E-state index >= 15 is 0 Å². The normalized spacial score (nSPS) is 14.4. The van der Waals surface area contributed by atoms with Crippen LogP contribution in [0.5, 0.6) is 0 Å². The van der Waals surface area contributed by atoms with E-state index in [4.69, 9.17) is 0 Å². The molecule has 1 heterocycles. The van der Waals surface area contributed by atoms with Crippen LogP contribution >= 0.6 is 27.3 Å². The molecule has 16 heavy (non-hydrogen) atoms. The van der Waals surface area contributed by atoms with Crippen LogP contribution in [-0.4, -0.2) is 28.2 Å². The number of hydrogen-bond donors (Lipinski definition) is 1. The molecule has 0 aliphatic carbocycles. The molecule has 90 valence electrons. The average Bonchev–Trinajstić information content (AvgIpc) is 2.62. The lowest BCUT2D eigenvalue weighted by atomic mass is 10.2. The molecule has 1 amide bonds. The monoisotopic (exact) mass is 323 g/mol. The van der Waals surface area contributed by atoms with Gasteiger partial charge < -0.3 is 5.32 Å². The summed E-state index contributed by atoms with van der Waals surface area (Å²) in [7, 11) is -0.798. The van der Waals surface area contributed by atoms with Gasteiger partial charge in [-0.1, -0.05) is 0 Å². The van der Waals surface area contributed by atoms with Gasteiger partial charge in [-0.05, 0) is 35.3 Å². The van der Waals surface area contributed by atoms with Crippen molar-refractivity contribution >= 4 is 44.0 Å². The Hall–Kier alpha value is -0.200. The molecule has 3 nitrogen and oxygen atoms in total. The van der Waals surface area contributed by atoms with E-state index in [1.165, 1.54) is 11.3 Å². The van der Waals surface area contributed by atoms with Crippen molar-refractivity contribution in [1.82, 2.24) is 5.32 Å². The summed E-state index contributed by atoms with van der Waals surface area (Å²) in [6, 6.07) is 1.85. The van der Waals surface area contributed by atoms with Crippen molar-refractivity contribution in [3.63, 3.8) is 0 Å². The Kier molecular flexibility index (Phi) is 5.64. The minimum Gasteiger partial charge on any atom is -0.350 e. The average molecular weight is 324 g/mol. The number of thiophene rings is 1. The van der Waals surface area contributed by atoms with Crippen LogP contribution in [-0.2, 0) is 10.8 Å². The summed E-state index contributed by atoms with van der Waals surface area (Å²) in [6.45, 7) is 1.92. The largest absolute Gasteiger partial charge is 0.350 e. The quantitative estimate of drug-likeness (QED) is 0.904. The third kappa shape index (κ3) is 4.76. The second kappa shape index (κ2) is 6.51. The summed E-state index contributed by atoms with van der Waals surface area (Å²) in [5.74, 6) is 0.547. The summed E-state index contributed by atoms with van der Waals surface area (Å²) in [6.07, 6.45) is 2.41. The summed E-state index contributed by atoms with van der Waals surface area (Å²) < 4.78 is 11.8. The molecule has 0 aliphatic rings. The highest BCUT2D eigenvalue weighted by atomic mass is 79.9. The van der Waals surface area contributed by atoms with Crippen molar-refractivity contribution in [2.75, 3.05) is 12.0 Å². The number of carbonyl (C=O) groups excluding carboxylic acids is 1. The van der Waals surface area contributed by atoms with Crippen LogP contribution in [0.2, 0.25) is 0 Å². The molecule has 1 N–H and O–H groups in total. The fourth-order valence-electron chi connectivity index (χ4n) is 1.15. The highest BCUT2D eigenvalue weighted by molar-refractivity contribution is 9.11. The summed E-state index contributed by atoms with van der Waals surface area (Å²) in [4.78, 5) is 11.7. The molecule has 1 rings (SSSR count). The van der Waals surface area contributed by atoms with Crippen molar-refractivity contribution in [3.8, 4) is 0 Å². The molecular weight excluding hydrogens is 310 g/mol. The molecule has 0 saturated carbocycles. The fraction of sp³-hybridized carbons (Fsp3) is 0.500. The van der Waals surface area contributed by atoms with Crippen LogP contribution in [0.3, 0.4) is 0 Å². The van der Waals surface area contributed by atoms with Crippen molar-refractivity contribution in [3.05, 3.63) is 20.8 Å². The minimum atomic E-state index is -0.798. The minimum absolute atomic E-state index is 0.0510. The predicted molar refractivity (Wildman–Crippen MR) is 72.5 cm³/mol. The number of halogens is 1. The van der Waals surface area contributed by atoms with E-state index in [0.717, 1.165) is 10.2 Å². The Labute approximate surface area is 110 Å². The smallest absolute Gasteiger partial charge is 0.252 e. The standard InChI is InChI=1S/C10H14BrNO2S2/c1-7(3-4-16(2)14)12-10(13)8-5-9(11)15-6-8/h5-7H,3-4H2,1-2H3,(H,12,13). The number of nitrogens with one attached hydrogen (secondary N) is 1. The molecule has 1 aromatic heterocycles. The molecule has 0 aliphatic heterocycles. The van der Waals surface area contributed by atoms with Gasteiger partial charge in [0.05, 0.1) is 9.35 Å². The molecule has 0 radical (unpaired) electrons. The molecule has 0 spiro atoms. The molecule has 0 fully saturated rings. The van der Waals surface area contributed by atoms with Crippen LogP contribution in [0, 0.1) is 0 Å². The van der Waals surface area contributed by atoms with Gasteiger partial charge in [-0.2, -0.15) is 0 Å². The zero-order valence-corrected chi connectivity index (χ0v) is 12.4. The van der Waals surface area contributed by atoms with Crippen LogP contribution in [0.25, 0.3) is 0 Å². The van der Waals surface area contributed by atoms with Gasteiger partial charge in [0, 0.05) is 34.2 Å². The van der Waals surface area contributed by atoms with E-state index in [-0.39, 0.29) is 11.9 Å². The maximum absolute atomic E-state index is 11.7. The van der Waals surface area contributed by atoms with E-state index in [2.05, 4.69) is 21.2 Å². The number of carbonyl (C=O) groups is 1. The van der Waals surface area contributed by atoms with Gasteiger partial charge in [0.25, 0.3) is 5.91 Å². The second-order valence-electron chi connectivity index (χ2n) is 3.58. The fourth-order valence-corrected chi connectivity index (χ4v) is 2.97. The first-order chi connectivity index (χ1) is 7.49. The van der Waals surface area contributed by atoms with Gasteiger partial charge in [-0.25, -0.2) is 0 Å². The van der Waals surface area contributed by atoms with Gasteiger partial charge in [0.2, 0.25) is 0 Å². The van der Waals surface area contributed by atoms with E-state index < -0.39 is 10.8 Å². The van der Waals surface area contributed by atoms with Gasteiger partial charge in [-0.15, -0.1) is 11.3 Å². The van der Waals surface area contributed by atoms with E-state index in [0.29, 0.717) is 11.3 Å². The SMILES string of the molecule is CC(CCS(C)=O)NC(=O)c1csc(Br)c1. The zero-order chi connectivity index (χ0) is 12.1. The van der Waals surface area contributed by atoms with E-state index in [1.54, 1.807) is 12.3 Å². The van der Waals surface area contributed by atoms with Crippen molar-refractivity contribution in [2.24, 2.45) is 0 Å². The molecule has 1 aromatic rings. The third-order valence-electron chi connectivity index (χ3n) is 2.05. The Balaban J connectivity index is 2.42. The zero-order valence-electron chi connectivity index (χ0n) is 9.16. The van der Waals surface area contributed by atoms with E-state index in [9.17, 15) is 9.00 Å². The maximum atomic E-state index is 11.7. The van der Waals surface area contributed by atoms with E-state index in [1.807, 2.05) is 12.3 Å². The number of rotatable bonds is 5. The van der Waals surface area contributed by atoms with Gasteiger partial charge in [-0.3, -0.25) is 9.00 Å². The van der Waals surface area contributed by atoms with Crippen molar-refractivity contribution in [2.45, 2.75) is 19.4 Å². The molecule has 0 aromatic carbocycles. The van der Waals surface area contributed by atoms with Crippen LogP contribution < -0.4 is 5.32 Å². The van der Waals surface area contributed by atoms with Gasteiger partial charge in [0.15, 0.2) is 0 Å². The van der Waals surface area contributed by atoms with Crippen LogP contribution in [0.15, 0.2) is 15.2 Å². The number of hydrogen-bond acceptors (Lipinski definition) is 3. The Morgan fingerprint density at radius 1 is 1.69 bits per heavy atom. The number of amides is 1. The first-order valence-corrected chi connectivity index (χ1v) is 8.24. The first-order valence-electron chi connectivity index (χ1n) is 4.84. The Morgan fingerprint density at radius 2 is 2.38 bits per heavy atom. The maximum Gasteiger partial charge on any atom is 0.252 e. The Morgan fingerprint density at radius 3 is 2.88 bits per heavy atom. The lowest BCUT2D eigenvalue weighted by Crippen LogP contribution is -2.33. The second-order valence-corrected chi connectivity index (χ2v) is 7.43. The van der Waals surface area contributed by atoms with Crippen molar-refractivity contribution < 1.29 is 9.00 Å². The molecule has 6 heteroatoms. The third-order valence-corrected chi connectivity index (χ3v) is 4.36. The van der Waals surface area contributed by atoms with Crippen molar-refractivity contribution in [1.29, 1.82) is 0 Å². The molecule has 2 atom stereocenters. The van der Waals surface area contributed by atoms with Gasteiger partial charge in [0.1, 0.15) is 0 Å².